The zero-order valence-corrected chi connectivity index (χ0v) is 6.62. The van der Waals surface area contributed by atoms with Crippen molar-refractivity contribution < 1.29 is 5.11 Å². The summed E-state index contributed by atoms with van der Waals surface area (Å²) in [6.07, 6.45) is 0.861. The van der Waals surface area contributed by atoms with Crippen molar-refractivity contribution in [2.45, 2.75) is 19.4 Å². The lowest BCUT2D eigenvalue weighted by Gasteiger charge is -2.03. The summed E-state index contributed by atoms with van der Waals surface area (Å²) < 4.78 is 0. The van der Waals surface area contributed by atoms with Gasteiger partial charge < -0.3 is 10.8 Å². The maximum Gasteiger partial charge on any atom is 0.115 e. The van der Waals surface area contributed by atoms with Crippen LogP contribution in [-0.4, -0.2) is 11.1 Å². The van der Waals surface area contributed by atoms with Gasteiger partial charge in [-0.3, -0.25) is 0 Å². The summed E-state index contributed by atoms with van der Waals surface area (Å²) in [5, 5.41) is 8.96. The van der Waals surface area contributed by atoms with Crippen LogP contribution in [0.15, 0.2) is 24.3 Å². The van der Waals surface area contributed by atoms with Gasteiger partial charge in [0.05, 0.1) is 0 Å². The minimum Gasteiger partial charge on any atom is -0.508 e. The number of aromatic hydroxyl groups is 1. The molecule has 0 spiro atoms. The third-order valence-electron chi connectivity index (χ3n) is 1.49. The first-order valence-electron chi connectivity index (χ1n) is 3.72. The Bertz CT molecular complexity index is 216. The van der Waals surface area contributed by atoms with Crippen LogP contribution in [0.4, 0.5) is 0 Å². The fraction of sp³-hybridized carbons (Fsp3) is 0.333. The van der Waals surface area contributed by atoms with E-state index < -0.39 is 0 Å². The summed E-state index contributed by atoms with van der Waals surface area (Å²) in [6.45, 7) is 1.97. The van der Waals surface area contributed by atoms with Crippen LogP contribution in [0.5, 0.6) is 5.75 Å². The highest BCUT2D eigenvalue weighted by atomic mass is 16.3. The van der Waals surface area contributed by atoms with Crippen LogP contribution in [-0.2, 0) is 6.42 Å². The van der Waals surface area contributed by atoms with E-state index in [-0.39, 0.29) is 6.04 Å². The summed E-state index contributed by atoms with van der Waals surface area (Å²) in [5.74, 6) is 0.304. The Labute approximate surface area is 66.7 Å². The van der Waals surface area contributed by atoms with Crippen molar-refractivity contribution in [1.82, 2.24) is 0 Å². The highest BCUT2D eigenvalue weighted by Gasteiger charge is 1.96. The molecule has 0 bridgehead atoms. The van der Waals surface area contributed by atoms with Gasteiger partial charge in [0.25, 0.3) is 0 Å². The van der Waals surface area contributed by atoms with Gasteiger partial charge in [-0.2, -0.15) is 0 Å². The van der Waals surface area contributed by atoms with Gasteiger partial charge in [0, 0.05) is 6.04 Å². The number of nitrogens with two attached hydrogens (primary N) is 1. The van der Waals surface area contributed by atoms with Gasteiger partial charge in [0.1, 0.15) is 5.75 Å². The van der Waals surface area contributed by atoms with Gasteiger partial charge in [-0.25, -0.2) is 0 Å². The van der Waals surface area contributed by atoms with Crippen LogP contribution < -0.4 is 5.73 Å². The first-order valence-corrected chi connectivity index (χ1v) is 3.72. The Hall–Kier alpha value is -1.02. The van der Waals surface area contributed by atoms with E-state index in [0.717, 1.165) is 12.0 Å². The smallest absolute Gasteiger partial charge is 0.115 e. The van der Waals surface area contributed by atoms with Crippen LogP contribution >= 0.6 is 0 Å². The van der Waals surface area contributed by atoms with E-state index in [4.69, 9.17) is 10.8 Å². The van der Waals surface area contributed by atoms with Crippen LogP contribution in [0.25, 0.3) is 0 Å². The van der Waals surface area contributed by atoms with Crippen molar-refractivity contribution in [2.75, 3.05) is 0 Å². The van der Waals surface area contributed by atoms with Crippen LogP contribution in [0, 0.1) is 0 Å². The lowest BCUT2D eigenvalue weighted by Crippen LogP contribution is -2.17. The molecule has 2 heteroatoms. The van der Waals surface area contributed by atoms with E-state index in [2.05, 4.69) is 0 Å². The average Bonchev–Trinajstić information content (AvgIpc) is 1.93. The van der Waals surface area contributed by atoms with Gasteiger partial charge in [-0.05, 0) is 31.0 Å². The van der Waals surface area contributed by atoms with Crippen LogP contribution in [0.2, 0.25) is 0 Å². The molecular weight excluding hydrogens is 138 g/mol. The number of rotatable bonds is 2. The van der Waals surface area contributed by atoms with Crippen molar-refractivity contribution in [1.29, 1.82) is 0 Å². The molecule has 0 aliphatic rings. The normalized spacial score (nSPS) is 12.9. The summed E-state index contributed by atoms with van der Waals surface area (Å²) >= 11 is 0. The monoisotopic (exact) mass is 151 g/mol. The molecule has 1 aromatic carbocycles. The number of benzene rings is 1. The molecule has 0 fully saturated rings. The standard InChI is InChI=1S/C9H13NO/c1-7(10)6-8-2-4-9(11)5-3-8/h2-5,7,11H,6,10H2,1H3/t7-/m1/s1. The van der Waals surface area contributed by atoms with E-state index >= 15 is 0 Å². The second-order valence-corrected chi connectivity index (χ2v) is 2.85. The Balaban J connectivity index is 2.66. The van der Waals surface area contributed by atoms with E-state index in [1.165, 1.54) is 0 Å². The average molecular weight is 151 g/mol. The zero-order valence-electron chi connectivity index (χ0n) is 6.62. The van der Waals surface area contributed by atoms with E-state index in [1.807, 2.05) is 19.1 Å². The molecule has 1 rings (SSSR count). The highest BCUT2D eigenvalue weighted by molar-refractivity contribution is 5.26. The third-order valence-corrected chi connectivity index (χ3v) is 1.49. The molecular formula is C9H13NO. The minimum absolute atomic E-state index is 0.180. The Morgan fingerprint density at radius 3 is 2.36 bits per heavy atom. The summed E-state index contributed by atoms with van der Waals surface area (Å²) in [6, 6.07) is 7.31. The predicted octanol–water partition coefficient (Wildman–Crippen LogP) is 1.28. The maximum absolute atomic E-state index is 8.96. The van der Waals surface area contributed by atoms with Gasteiger partial charge >= 0.3 is 0 Å². The summed E-state index contributed by atoms with van der Waals surface area (Å²) in [4.78, 5) is 0. The van der Waals surface area contributed by atoms with Crippen molar-refractivity contribution >= 4 is 0 Å². The molecule has 0 heterocycles. The Kier molecular flexibility index (Phi) is 2.49. The lowest BCUT2D eigenvalue weighted by atomic mass is 10.1. The Morgan fingerprint density at radius 1 is 1.36 bits per heavy atom. The number of hydrogen-bond donors (Lipinski definition) is 2. The van der Waals surface area contributed by atoms with Crippen molar-refractivity contribution in [3.05, 3.63) is 29.8 Å². The molecule has 60 valence electrons. The molecule has 0 aliphatic carbocycles. The van der Waals surface area contributed by atoms with E-state index in [0.29, 0.717) is 5.75 Å². The van der Waals surface area contributed by atoms with Gasteiger partial charge in [0.15, 0.2) is 0 Å². The zero-order chi connectivity index (χ0) is 8.27. The number of hydrogen-bond acceptors (Lipinski definition) is 2. The molecule has 2 nitrogen and oxygen atoms in total. The first-order chi connectivity index (χ1) is 5.18. The van der Waals surface area contributed by atoms with Crippen molar-refractivity contribution in [3.63, 3.8) is 0 Å². The first kappa shape index (κ1) is 8.08. The molecule has 0 amide bonds. The van der Waals surface area contributed by atoms with Crippen LogP contribution in [0.3, 0.4) is 0 Å². The van der Waals surface area contributed by atoms with Crippen molar-refractivity contribution in [2.24, 2.45) is 5.73 Å². The molecule has 0 aromatic heterocycles. The molecule has 0 unspecified atom stereocenters. The highest BCUT2D eigenvalue weighted by Crippen LogP contribution is 2.10. The molecule has 3 N–H and O–H groups in total. The second-order valence-electron chi connectivity index (χ2n) is 2.85. The molecule has 1 aromatic rings. The molecule has 0 saturated heterocycles. The second kappa shape index (κ2) is 3.39. The molecule has 1 atom stereocenters. The van der Waals surface area contributed by atoms with Gasteiger partial charge in [-0.1, -0.05) is 12.1 Å². The van der Waals surface area contributed by atoms with Crippen LogP contribution in [0.1, 0.15) is 12.5 Å². The predicted molar refractivity (Wildman–Crippen MR) is 45.5 cm³/mol. The SMILES string of the molecule is C[C@@H](N)Cc1ccc(O)cc1. The number of phenolic OH excluding ortho intramolecular Hbond substituents is 1. The molecule has 0 aliphatic heterocycles. The third kappa shape index (κ3) is 2.60. The largest absolute Gasteiger partial charge is 0.508 e. The molecule has 0 radical (unpaired) electrons. The van der Waals surface area contributed by atoms with E-state index in [1.54, 1.807) is 12.1 Å². The fourth-order valence-electron chi connectivity index (χ4n) is 1.00. The molecule has 11 heavy (non-hydrogen) atoms. The van der Waals surface area contributed by atoms with Gasteiger partial charge in [-0.15, -0.1) is 0 Å². The van der Waals surface area contributed by atoms with E-state index in [9.17, 15) is 0 Å². The van der Waals surface area contributed by atoms with Gasteiger partial charge in [0.2, 0.25) is 0 Å². The molecule has 0 saturated carbocycles. The summed E-state index contributed by atoms with van der Waals surface area (Å²) in [5.41, 5.74) is 6.76. The maximum atomic E-state index is 8.96. The Morgan fingerprint density at radius 2 is 1.91 bits per heavy atom. The summed E-state index contributed by atoms with van der Waals surface area (Å²) in [7, 11) is 0. The number of phenols is 1. The topological polar surface area (TPSA) is 46.2 Å². The minimum atomic E-state index is 0.180. The van der Waals surface area contributed by atoms with Crippen molar-refractivity contribution in [3.8, 4) is 5.75 Å². The quantitative estimate of drug-likeness (QED) is 0.668. The fourth-order valence-corrected chi connectivity index (χ4v) is 1.00. The lowest BCUT2D eigenvalue weighted by molar-refractivity contribution is 0.475.